The molecule has 0 aliphatic carbocycles. The highest BCUT2D eigenvalue weighted by atomic mass is 16.3. The molecule has 0 saturated carbocycles. The summed E-state index contributed by atoms with van der Waals surface area (Å²) in [6, 6.07) is 5.27. The third-order valence-electron chi connectivity index (χ3n) is 3.54. The van der Waals surface area contributed by atoms with E-state index in [2.05, 4.69) is 18.7 Å². The van der Waals surface area contributed by atoms with Crippen molar-refractivity contribution in [1.82, 2.24) is 4.90 Å². The van der Waals surface area contributed by atoms with Crippen LogP contribution in [0.2, 0.25) is 0 Å². The lowest BCUT2D eigenvalue weighted by molar-refractivity contribution is 0.165. The minimum atomic E-state index is 0.233. The molecule has 2 rings (SSSR count). The van der Waals surface area contributed by atoms with Crippen LogP contribution in [0.25, 0.3) is 0 Å². The molecular weight excluding hydrogens is 200 g/mol. The van der Waals surface area contributed by atoms with Crippen molar-refractivity contribution in [1.29, 1.82) is 0 Å². The van der Waals surface area contributed by atoms with E-state index in [1.807, 2.05) is 6.07 Å². The summed E-state index contributed by atoms with van der Waals surface area (Å²) in [5, 5.41) is 9.78. The highest BCUT2D eigenvalue weighted by Crippen LogP contribution is 2.32. The number of rotatable bonds is 2. The van der Waals surface area contributed by atoms with Crippen LogP contribution in [0.5, 0.6) is 5.75 Å². The zero-order valence-corrected chi connectivity index (χ0v) is 10.0. The maximum atomic E-state index is 9.78. The Kier molecular flexibility index (Phi) is 2.80. The van der Waals surface area contributed by atoms with Gasteiger partial charge in [0.15, 0.2) is 0 Å². The lowest BCUT2D eigenvalue weighted by atomic mass is 10.0. The number of nitrogen functional groups attached to an aromatic ring is 1. The van der Waals surface area contributed by atoms with Crippen LogP contribution in [0.4, 0.5) is 5.69 Å². The number of nitrogens with two attached hydrogens (primary N) is 1. The van der Waals surface area contributed by atoms with Gasteiger partial charge >= 0.3 is 0 Å². The Labute approximate surface area is 96.9 Å². The standard InChI is InChI=1S/C13H20N2O/c1-13(2)6-3-7-15(13)9-10-8-11(14)4-5-12(10)16/h4-5,8,16H,3,6-7,9,14H2,1-2H3. The highest BCUT2D eigenvalue weighted by Gasteiger charge is 2.31. The molecule has 1 aromatic carbocycles. The minimum absolute atomic E-state index is 0.233. The normalized spacial score (nSPS) is 20.1. The molecule has 3 nitrogen and oxygen atoms in total. The van der Waals surface area contributed by atoms with Crippen LogP contribution in [0, 0.1) is 0 Å². The second-order valence-corrected chi connectivity index (χ2v) is 5.23. The van der Waals surface area contributed by atoms with Crippen LogP contribution in [0.15, 0.2) is 18.2 Å². The van der Waals surface area contributed by atoms with E-state index >= 15 is 0 Å². The van der Waals surface area contributed by atoms with Crippen LogP contribution >= 0.6 is 0 Å². The molecule has 88 valence electrons. The largest absolute Gasteiger partial charge is 0.508 e. The maximum absolute atomic E-state index is 9.78. The summed E-state index contributed by atoms with van der Waals surface area (Å²) in [6.07, 6.45) is 2.45. The number of phenolic OH excluding ortho intramolecular Hbond substituents is 1. The highest BCUT2D eigenvalue weighted by molar-refractivity contribution is 5.47. The first-order valence-electron chi connectivity index (χ1n) is 5.81. The molecular formula is C13H20N2O. The number of benzene rings is 1. The Bertz CT molecular complexity index is 388. The zero-order chi connectivity index (χ0) is 11.8. The van der Waals surface area contributed by atoms with Gasteiger partial charge in [-0.2, -0.15) is 0 Å². The van der Waals surface area contributed by atoms with E-state index in [-0.39, 0.29) is 5.54 Å². The fraction of sp³-hybridized carbons (Fsp3) is 0.538. The number of phenols is 1. The molecule has 1 aliphatic heterocycles. The third-order valence-corrected chi connectivity index (χ3v) is 3.54. The van der Waals surface area contributed by atoms with Crippen LogP contribution < -0.4 is 5.73 Å². The monoisotopic (exact) mass is 220 g/mol. The maximum Gasteiger partial charge on any atom is 0.120 e. The fourth-order valence-electron chi connectivity index (χ4n) is 2.39. The Morgan fingerprint density at radius 1 is 1.44 bits per heavy atom. The van der Waals surface area contributed by atoms with E-state index in [0.29, 0.717) is 11.4 Å². The SMILES string of the molecule is CC1(C)CCCN1Cc1cc(N)ccc1O. The summed E-state index contributed by atoms with van der Waals surface area (Å²) >= 11 is 0. The summed E-state index contributed by atoms with van der Waals surface area (Å²) in [7, 11) is 0. The Morgan fingerprint density at radius 3 is 2.81 bits per heavy atom. The minimum Gasteiger partial charge on any atom is -0.508 e. The predicted molar refractivity (Wildman–Crippen MR) is 66.2 cm³/mol. The summed E-state index contributed by atoms with van der Waals surface area (Å²) in [5.41, 5.74) is 7.61. The molecule has 0 amide bonds. The van der Waals surface area contributed by atoms with Gasteiger partial charge < -0.3 is 10.8 Å². The first-order chi connectivity index (χ1) is 7.49. The van der Waals surface area contributed by atoms with Crippen molar-refractivity contribution in [2.75, 3.05) is 12.3 Å². The molecule has 16 heavy (non-hydrogen) atoms. The molecule has 1 heterocycles. The molecule has 1 fully saturated rings. The van der Waals surface area contributed by atoms with Crippen LogP contribution in [0.3, 0.4) is 0 Å². The molecule has 1 aromatic rings. The van der Waals surface area contributed by atoms with E-state index in [0.717, 1.165) is 18.7 Å². The second kappa shape index (κ2) is 3.98. The molecule has 3 heteroatoms. The van der Waals surface area contributed by atoms with Crippen molar-refractivity contribution in [3.05, 3.63) is 23.8 Å². The molecule has 1 aliphatic rings. The van der Waals surface area contributed by atoms with Gasteiger partial charge in [-0.15, -0.1) is 0 Å². The zero-order valence-electron chi connectivity index (χ0n) is 10.0. The molecule has 1 saturated heterocycles. The van der Waals surface area contributed by atoms with Gasteiger partial charge in [0.05, 0.1) is 0 Å². The lowest BCUT2D eigenvalue weighted by Gasteiger charge is -2.31. The topological polar surface area (TPSA) is 49.5 Å². The Balaban J connectivity index is 2.17. The summed E-state index contributed by atoms with van der Waals surface area (Å²) in [5.74, 6) is 0.344. The number of aromatic hydroxyl groups is 1. The fourth-order valence-corrected chi connectivity index (χ4v) is 2.39. The average molecular weight is 220 g/mol. The lowest BCUT2D eigenvalue weighted by Crippen LogP contribution is -2.37. The first kappa shape index (κ1) is 11.3. The number of hydrogen-bond acceptors (Lipinski definition) is 3. The summed E-state index contributed by atoms with van der Waals surface area (Å²) in [4.78, 5) is 2.40. The van der Waals surface area contributed by atoms with Gasteiger partial charge in [-0.25, -0.2) is 0 Å². The smallest absolute Gasteiger partial charge is 0.120 e. The van der Waals surface area contributed by atoms with Crippen molar-refractivity contribution >= 4 is 5.69 Å². The van der Waals surface area contributed by atoms with Crippen molar-refractivity contribution in [3.8, 4) is 5.75 Å². The van der Waals surface area contributed by atoms with Crippen LogP contribution in [-0.2, 0) is 6.54 Å². The number of hydrogen-bond donors (Lipinski definition) is 2. The summed E-state index contributed by atoms with van der Waals surface area (Å²) in [6.45, 7) is 6.39. The first-order valence-corrected chi connectivity index (χ1v) is 5.81. The number of likely N-dealkylation sites (tertiary alicyclic amines) is 1. The van der Waals surface area contributed by atoms with Crippen LogP contribution in [-0.4, -0.2) is 22.1 Å². The van der Waals surface area contributed by atoms with E-state index in [9.17, 15) is 5.11 Å². The van der Waals surface area contributed by atoms with Crippen molar-refractivity contribution in [3.63, 3.8) is 0 Å². The van der Waals surface area contributed by atoms with Crippen molar-refractivity contribution in [2.45, 2.75) is 38.8 Å². The van der Waals surface area contributed by atoms with Crippen LogP contribution in [0.1, 0.15) is 32.3 Å². The van der Waals surface area contributed by atoms with Crippen molar-refractivity contribution in [2.24, 2.45) is 0 Å². The van der Waals surface area contributed by atoms with Gasteiger partial charge in [0.2, 0.25) is 0 Å². The van der Waals surface area contributed by atoms with E-state index in [1.54, 1.807) is 12.1 Å². The number of nitrogens with zero attached hydrogens (tertiary/aromatic N) is 1. The Hall–Kier alpha value is -1.22. The summed E-state index contributed by atoms with van der Waals surface area (Å²) < 4.78 is 0. The molecule has 0 radical (unpaired) electrons. The molecule has 0 bridgehead atoms. The van der Waals surface area contributed by atoms with E-state index < -0.39 is 0 Å². The second-order valence-electron chi connectivity index (χ2n) is 5.23. The van der Waals surface area contributed by atoms with Gasteiger partial charge in [-0.1, -0.05) is 0 Å². The van der Waals surface area contributed by atoms with Gasteiger partial charge in [0.25, 0.3) is 0 Å². The van der Waals surface area contributed by atoms with Gasteiger partial charge in [0.1, 0.15) is 5.75 Å². The average Bonchev–Trinajstić information content (AvgIpc) is 2.52. The van der Waals surface area contributed by atoms with Gasteiger partial charge in [-0.05, 0) is 51.4 Å². The molecule has 3 N–H and O–H groups in total. The van der Waals surface area contributed by atoms with Crippen molar-refractivity contribution < 1.29 is 5.11 Å². The molecule has 0 aromatic heterocycles. The van der Waals surface area contributed by atoms with Gasteiger partial charge in [-0.3, -0.25) is 4.90 Å². The molecule has 0 unspecified atom stereocenters. The molecule has 0 atom stereocenters. The molecule has 0 spiro atoms. The Morgan fingerprint density at radius 2 is 2.19 bits per heavy atom. The number of anilines is 1. The quantitative estimate of drug-likeness (QED) is 0.594. The van der Waals surface area contributed by atoms with E-state index in [1.165, 1.54) is 12.8 Å². The third kappa shape index (κ3) is 2.14. The van der Waals surface area contributed by atoms with Gasteiger partial charge in [0, 0.05) is 23.3 Å². The predicted octanol–water partition coefficient (Wildman–Crippen LogP) is 2.35. The van der Waals surface area contributed by atoms with E-state index in [4.69, 9.17) is 5.73 Å².